The number of hydrogen-bond acceptors (Lipinski definition) is 3. The Balaban J connectivity index is 1.49. The summed E-state index contributed by atoms with van der Waals surface area (Å²) >= 11 is 0. The fraction of sp³-hybridized carbons (Fsp3) is 0.435. The van der Waals surface area contributed by atoms with E-state index in [0.29, 0.717) is 6.54 Å². The van der Waals surface area contributed by atoms with Crippen LogP contribution in [0.15, 0.2) is 42.5 Å². The lowest BCUT2D eigenvalue weighted by Gasteiger charge is -2.48. The zero-order valence-corrected chi connectivity index (χ0v) is 16.6. The van der Waals surface area contributed by atoms with Crippen molar-refractivity contribution in [2.45, 2.75) is 38.3 Å². The molecule has 0 bridgehead atoms. The van der Waals surface area contributed by atoms with Crippen molar-refractivity contribution < 1.29 is 13.9 Å². The zero-order chi connectivity index (χ0) is 19.7. The van der Waals surface area contributed by atoms with E-state index in [-0.39, 0.29) is 22.9 Å². The number of rotatable bonds is 3. The Kier molecular flexibility index (Phi) is 5.11. The minimum atomic E-state index is -0.313. The van der Waals surface area contributed by atoms with Crippen molar-refractivity contribution in [3.05, 3.63) is 65.0 Å². The third kappa shape index (κ3) is 3.51. The van der Waals surface area contributed by atoms with Crippen LogP contribution in [0.5, 0.6) is 5.75 Å². The first-order chi connectivity index (χ1) is 13.5. The van der Waals surface area contributed by atoms with Crippen LogP contribution in [0.3, 0.4) is 0 Å². The predicted octanol–water partition coefficient (Wildman–Crippen LogP) is 3.73. The third-order valence-electron chi connectivity index (χ3n) is 6.32. The molecule has 148 valence electrons. The van der Waals surface area contributed by atoms with E-state index in [1.807, 2.05) is 11.0 Å². The molecule has 2 aliphatic rings. The molecule has 1 amide bonds. The topological polar surface area (TPSA) is 32.8 Å². The van der Waals surface area contributed by atoms with Crippen molar-refractivity contribution in [1.82, 2.24) is 9.80 Å². The van der Waals surface area contributed by atoms with Gasteiger partial charge in [0.2, 0.25) is 5.91 Å². The molecule has 1 fully saturated rings. The fourth-order valence-electron chi connectivity index (χ4n) is 4.74. The summed E-state index contributed by atoms with van der Waals surface area (Å²) in [5.74, 6) is 0.112. The lowest BCUT2D eigenvalue weighted by atomic mass is 9.69. The fourth-order valence-corrected chi connectivity index (χ4v) is 4.74. The van der Waals surface area contributed by atoms with E-state index in [1.165, 1.54) is 18.2 Å². The quantitative estimate of drug-likeness (QED) is 0.811. The highest BCUT2D eigenvalue weighted by atomic mass is 19.1. The minimum Gasteiger partial charge on any atom is -0.494 e. The summed E-state index contributed by atoms with van der Waals surface area (Å²) in [6.07, 6.45) is 2.01. The number of methoxy groups -OCH3 is 1. The number of carbonyl (C=O) groups excluding carboxylic acids is 1. The normalized spacial score (nSPS) is 18.8. The van der Waals surface area contributed by atoms with Crippen LogP contribution in [0.1, 0.15) is 36.5 Å². The number of hydrogen-bond donors (Lipinski definition) is 0. The van der Waals surface area contributed by atoms with Crippen molar-refractivity contribution in [2.24, 2.45) is 0 Å². The number of nitrogens with zero attached hydrogens (tertiary/aromatic N) is 2. The van der Waals surface area contributed by atoms with Gasteiger partial charge in [-0.15, -0.1) is 0 Å². The van der Waals surface area contributed by atoms with Crippen LogP contribution in [-0.2, 0) is 23.3 Å². The van der Waals surface area contributed by atoms with Gasteiger partial charge in [0.15, 0.2) is 11.6 Å². The molecule has 0 atom stereocenters. The summed E-state index contributed by atoms with van der Waals surface area (Å²) < 4.78 is 19.0. The lowest BCUT2D eigenvalue weighted by Crippen LogP contribution is -2.52. The molecule has 4 rings (SSSR count). The number of benzene rings is 2. The van der Waals surface area contributed by atoms with Crippen LogP contribution in [0.25, 0.3) is 0 Å². The van der Waals surface area contributed by atoms with Gasteiger partial charge in [0.1, 0.15) is 0 Å². The Bertz CT molecular complexity index is 875. The minimum absolute atomic E-state index is 0.0299. The molecule has 28 heavy (non-hydrogen) atoms. The highest BCUT2D eigenvalue weighted by Gasteiger charge is 2.42. The molecule has 0 unspecified atom stereocenters. The van der Waals surface area contributed by atoms with Crippen molar-refractivity contribution in [3.8, 4) is 5.75 Å². The zero-order valence-electron chi connectivity index (χ0n) is 16.6. The van der Waals surface area contributed by atoms with E-state index in [4.69, 9.17) is 4.74 Å². The molecule has 0 saturated carbocycles. The largest absolute Gasteiger partial charge is 0.494 e. The first kappa shape index (κ1) is 18.9. The maximum Gasteiger partial charge on any atom is 0.219 e. The SMILES string of the molecule is COc1ccc(CN2CCC3(CC2)CN(C(C)=O)Cc2ccccc23)cc1F. The van der Waals surface area contributed by atoms with Crippen LogP contribution < -0.4 is 4.74 Å². The number of fused-ring (bicyclic) bond motifs is 2. The van der Waals surface area contributed by atoms with Crippen LogP contribution in [0.4, 0.5) is 4.39 Å². The van der Waals surface area contributed by atoms with Crippen molar-refractivity contribution >= 4 is 5.91 Å². The standard InChI is InChI=1S/C23H27FN2O2/c1-17(27)26-15-19-5-3-4-6-20(19)23(16-26)9-11-25(12-10-23)14-18-7-8-22(28-2)21(24)13-18/h3-8,13H,9-12,14-16H2,1-2H3. The number of halogens is 1. The molecule has 5 heteroatoms. The molecule has 2 aromatic rings. The maximum atomic E-state index is 14.0. The Morgan fingerprint density at radius 3 is 2.61 bits per heavy atom. The highest BCUT2D eigenvalue weighted by Crippen LogP contribution is 2.42. The Hall–Kier alpha value is -2.40. The van der Waals surface area contributed by atoms with Gasteiger partial charge in [-0.25, -0.2) is 4.39 Å². The second-order valence-electron chi connectivity index (χ2n) is 8.06. The van der Waals surface area contributed by atoms with Crippen LogP contribution >= 0.6 is 0 Å². The second kappa shape index (κ2) is 7.55. The van der Waals surface area contributed by atoms with Gasteiger partial charge in [-0.1, -0.05) is 30.3 Å². The maximum absolute atomic E-state index is 14.0. The van der Waals surface area contributed by atoms with Gasteiger partial charge in [-0.3, -0.25) is 9.69 Å². The van der Waals surface area contributed by atoms with Crippen molar-refractivity contribution in [3.63, 3.8) is 0 Å². The van der Waals surface area contributed by atoms with Crippen molar-refractivity contribution in [2.75, 3.05) is 26.7 Å². The van der Waals surface area contributed by atoms with Gasteiger partial charge in [0.05, 0.1) is 7.11 Å². The van der Waals surface area contributed by atoms with E-state index in [1.54, 1.807) is 19.1 Å². The summed E-state index contributed by atoms with van der Waals surface area (Å²) in [6.45, 7) is 5.78. The van der Waals surface area contributed by atoms with Gasteiger partial charge in [0, 0.05) is 32.0 Å². The molecule has 0 aliphatic carbocycles. The number of piperidine rings is 1. The van der Waals surface area contributed by atoms with Crippen molar-refractivity contribution in [1.29, 1.82) is 0 Å². The first-order valence-corrected chi connectivity index (χ1v) is 9.89. The monoisotopic (exact) mass is 382 g/mol. The number of ether oxygens (including phenoxy) is 1. The Morgan fingerprint density at radius 2 is 1.93 bits per heavy atom. The molecule has 2 aromatic carbocycles. The van der Waals surface area contributed by atoms with Crippen LogP contribution in [0.2, 0.25) is 0 Å². The van der Waals surface area contributed by atoms with E-state index >= 15 is 0 Å². The average Bonchev–Trinajstić information content (AvgIpc) is 2.70. The molecule has 4 nitrogen and oxygen atoms in total. The molecule has 0 aromatic heterocycles. The van der Waals surface area contributed by atoms with Gasteiger partial charge in [0.25, 0.3) is 0 Å². The average molecular weight is 382 g/mol. The summed E-state index contributed by atoms with van der Waals surface area (Å²) in [5, 5.41) is 0. The summed E-state index contributed by atoms with van der Waals surface area (Å²) in [4.78, 5) is 16.5. The van der Waals surface area contributed by atoms with Crippen LogP contribution in [0, 0.1) is 5.82 Å². The third-order valence-corrected chi connectivity index (χ3v) is 6.32. The lowest BCUT2D eigenvalue weighted by molar-refractivity contribution is -0.131. The summed E-state index contributed by atoms with van der Waals surface area (Å²) in [7, 11) is 1.48. The van der Waals surface area contributed by atoms with Gasteiger partial charge in [-0.05, 0) is 54.8 Å². The number of amides is 1. The first-order valence-electron chi connectivity index (χ1n) is 9.89. The summed E-state index contributed by atoms with van der Waals surface area (Å²) in [6, 6.07) is 13.7. The van der Waals surface area contributed by atoms with Gasteiger partial charge < -0.3 is 9.64 Å². The van der Waals surface area contributed by atoms with Crippen LogP contribution in [-0.4, -0.2) is 42.5 Å². The van der Waals surface area contributed by atoms with E-state index in [0.717, 1.165) is 44.6 Å². The van der Waals surface area contributed by atoms with E-state index < -0.39 is 0 Å². The smallest absolute Gasteiger partial charge is 0.219 e. The molecule has 1 spiro atoms. The molecule has 1 saturated heterocycles. The molecule has 2 heterocycles. The molecule has 0 N–H and O–H groups in total. The molecule has 0 radical (unpaired) electrons. The summed E-state index contributed by atoms with van der Waals surface area (Å²) in [5.41, 5.74) is 3.67. The molecule has 2 aliphatic heterocycles. The highest BCUT2D eigenvalue weighted by molar-refractivity contribution is 5.74. The van der Waals surface area contributed by atoms with Gasteiger partial charge in [-0.2, -0.15) is 0 Å². The predicted molar refractivity (Wildman–Crippen MR) is 107 cm³/mol. The number of carbonyl (C=O) groups is 1. The van der Waals surface area contributed by atoms with E-state index in [9.17, 15) is 9.18 Å². The Labute approximate surface area is 165 Å². The second-order valence-corrected chi connectivity index (χ2v) is 8.06. The molecular formula is C23H27FN2O2. The number of likely N-dealkylation sites (tertiary alicyclic amines) is 1. The van der Waals surface area contributed by atoms with E-state index in [2.05, 4.69) is 29.2 Å². The molecular weight excluding hydrogens is 355 g/mol. The van der Waals surface area contributed by atoms with Gasteiger partial charge >= 0.3 is 0 Å². The Morgan fingerprint density at radius 1 is 1.18 bits per heavy atom.